The van der Waals surface area contributed by atoms with Crippen LogP contribution in [0.15, 0.2) is 18.2 Å². The molecule has 5 nitrogen and oxygen atoms in total. The van der Waals surface area contributed by atoms with Gasteiger partial charge >= 0.3 is 0 Å². The number of nitrogens with two attached hydrogens (primary N) is 1. The molecule has 3 N–H and O–H groups in total. The molecule has 20 heavy (non-hydrogen) atoms. The van der Waals surface area contributed by atoms with Crippen molar-refractivity contribution in [3.05, 3.63) is 28.8 Å². The van der Waals surface area contributed by atoms with E-state index in [9.17, 15) is 4.79 Å². The van der Waals surface area contributed by atoms with E-state index in [4.69, 9.17) is 26.8 Å². The Kier molecular flexibility index (Phi) is 5.23. The minimum Gasteiger partial charge on any atom is -0.492 e. The van der Waals surface area contributed by atoms with Crippen molar-refractivity contribution in [1.82, 2.24) is 5.32 Å². The summed E-state index contributed by atoms with van der Waals surface area (Å²) in [6.45, 7) is 0.854. The molecule has 1 aromatic carbocycles. The zero-order valence-corrected chi connectivity index (χ0v) is 12.2. The van der Waals surface area contributed by atoms with Crippen molar-refractivity contribution in [3.8, 4) is 5.75 Å². The number of hydrogen-bond donors (Lipinski definition) is 2. The second-order valence-corrected chi connectivity index (χ2v) is 5.12. The second kappa shape index (κ2) is 6.92. The number of nitrogens with one attached hydrogen (secondary N) is 1. The molecule has 0 spiro atoms. The predicted molar refractivity (Wildman–Crippen MR) is 76.9 cm³/mol. The molecule has 6 heteroatoms. The molecule has 2 rings (SSSR count). The summed E-state index contributed by atoms with van der Waals surface area (Å²) in [5.74, 6) is 0.577. The maximum Gasteiger partial charge on any atom is 0.223 e. The molecular weight excluding hydrogens is 280 g/mol. The zero-order chi connectivity index (χ0) is 14.5. The third-order valence-corrected chi connectivity index (χ3v) is 3.67. The van der Waals surface area contributed by atoms with Gasteiger partial charge in [0.15, 0.2) is 0 Å². The maximum atomic E-state index is 12.0. The highest BCUT2D eigenvalue weighted by molar-refractivity contribution is 6.32. The van der Waals surface area contributed by atoms with E-state index in [1.54, 1.807) is 13.2 Å². The summed E-state index contributed by atoms with van der Waals surface area (Å²) in [6, 6.07) is 5.47. The fourth-order valence-electron chi connectivity index (χ4n) is 2.26. The molecule has 0 radical (unpaired) electrons. The van der Waals surface area contributed by atoms with Gasteiger partial charge in [-0.1, -0.05) is 23.7 Å². The van der Waals surface area contributed by atoms with Crippen LogP contribution in [0, 0.1) is 0 Å². The number of rotatable bonds is 5. The van der Waals surface area contributed by atoms with E-state index >= 15 is 0 Å². The Morgan fingerprint density at radius 3 is 3.15 bits per heavy atom. The first-order valence-corrected chi connectivity index (χ1v) is 6.97. The third-order valence-electron chi connectivity index (χ3n) is 3.37. The first-order chi connectivity index (χ1) is 9.65. The van der Waals surface area contributed by atoms with Gasteiger partial charge in [0.25, 0.3) is 0 Å². The number of benzene rings is 1. The summed E-state index contributed by atoms with van der Waals surface area (Å²) in [6.07, 6.45) is 0.716. The topological polar surface area (TPSA) is 73.6 Å². The van der Waals surface area contributed by atoms with Crippen LogP contribution in [0.3, 0.4) is 0 Å². The van der Waals surface area contributed by atoms with Gasteiger partial charge < -0.3 is 20.5 Å². The van der Waals surface area contributed by atoms with E-state index in [-0.39, 0.29) is 24.5 Å². The molecule has 1 aliphatic heterocycles. The number of carbonyl (C=O) groups is 1. The van der Waals surface area contributed by atoms with Crippen molar-refractivity contribution >= 4 is 17.5 Å². The molecule has 1 heterocycles. The van der Waals surface area contributed by atoms with Crippen LogP contribution in [0.4, 0.5) is 0 Å². The number of fused-ring (bicyclic) bond motifs is 1. The number of amides is 1. The summed E-state index contributed by atoms with van der Waals surface area (Å²) in [7, 11) is 1.55. The third kappa shape index (κ3) is 3.42. The molecule has 0 saturated heterocycles. The van der Waals surface area contributed by atoms with Crippen molar-refractivity contribution in [2.45, 2.75) is 25.0 Å². The molecule has 0 aromatic heterocycles. The van der Waals surface area contributed by atoms with E-state index in [0.717, 1.165) is 12.0 Å². The fraction of sp³-hybridized carbons (Fsp3) is 0.500. The summed E-state index contributed by atoms with van der Waals surface area (Å²) < 4.78 is 10.7. The molecule has 110 valence electrons. The Balaban J connectivity index is 2.05. The molecular formula is C14H19ClN2O3. The molecule has 0 saturated carbocycles. The van der Waals surface area contributed by atoms with Crippen LogP contribution in [-0.4, -0.2) is 32.3 Å². The van der Waals surface area contributed by atoms with E-state index in [1.807, 2.05) is 12.1 Å². The van der Waals surface area contributed by atoms with Crippen molar-refractivity contribution in [2.24, 2.45) is 5.73 Å². The molecule has 1 aliphatic rings. The highest BCUT2D eigenvalue weighted by Crippen LogP contribution is 2.37. The zero-order valence-electron chi connectivity index (χ0n) is 11.4. The Morgan fingerprint density at radius 2 is 2.45 bits per heavy atom. The first kappa shape index (κ1) is 15.1. The number of carbonyl (C=O) groups excluding carboxylic acids is 1. The van der Waals surface area contributed by atoms with Crippen LogP contribution in [0.5, 0.6) is 5.75 Å². The highest BCUT2D eigenvalue weighted by Gasteiger charge is 2.25. The number of ether oxygens (including phenoxy) is 2. The molecule has 1 aromatic rings. The van der Waals surface area contributed by atoms with Gasteiger partial charge in [0, 0.05) is 25.6 Å². The Morgan fingerprint density at radius 1 is 1.65 bits per heavy atom. The van der Waals surface area contributed by atoms with E-state index in [0.29, 0.717) is 23.9 Å². The minimum absolute atomic E-state index is 0.0831. The van der Waals surface area contributed by atoms with Crippen molar-refractivity contribution in [1.29, 1.82) is 0 Å². The Labute approximate surface area is 123 Å². The summed E-state index contributed by atoms with van der Waals surface area (Å²) in [5, 5.41) is 3.56. The van der Waals surface area contributed by atoms with Gasteiger partial charge in [-0.25, -0.2) is 0 Å². The number of halogens is 1. The van der Waals surface area contributed by atoms with Crippen molar-refractivity contribution in [2.75, 3.05) is 20.3 Å². The largest absolute Gasteiger partial charge is 0.492 e. The van der Waals surface area contributed by atoms with Crippen LogP contribution in [-0.2, 0) is 9.53 Å². The quantitative estimate of drug-likeness (QED) is 0.867. The van der Waals surface area contributed by atoms with Crippen LogP contribution in [0.2, 0.25) is 5.02 Å². The lowest BCUT2D eigenvalue weighted by Gasteiger charge is -2.27. The van der Waals surface area contributed by atoms with Crippen LogP contribution in [0.1, 0.15) is 24.4 Å². The molecule has 2 unspecified atom stereocenters. The first-order valence-electron chi connectivity index (χ1n) is 6.59. The van der Waals surface area contributed by atoms with Crippen LogP contribution >= 0.6 is 11.6 Å². The molecule has 0 bridgehead atoms. The molecule has 1 amide bonds. The second-order valence-electron chi connectivity index (χ2n) is 4.71. The van der Waals surface area contributed by atoms with Gasteiger partial charge in [-0.3, -0.25) is 4.79 Å². The summed E-state index contributed by atoms with van der Waals surface area (Å²) in [4.78, 5) is 12.0. The smallest absolute Gasteiger partial charge is 0.223 e. The maximum absolute atomic E-state index is 12.0. The van der Waals surface area contributed by atoms with Gasteiger partial charge in [0.05, 0.1) is 30.2 Å². The van der Waals surface area contributed by atoms with Gasteiger partial charge in [0.2, 0.25) is 5.91 Å². The lowest BCUT2D eigenvalue weighted by Crippen LogP contribution is -2.36. The SMILES string of the molecule is COC(CN)CC(=O)NC1CCOc2c(Cl)cccc21. The molecule has 2 atom stereocenters. The lowest BCUT2D eigenvalue weighted by atomic mass is 10.00. The molecule has 0 fully saturated rings. The van der Waals surface area contributed by atoms with Crippen LogP contribution in [0.25, 0.3) is 0 Å². The summed E-state index contributed by atoms with van der Waals surface area (Å²) in [5.41, 5.74) is 6.43. The summed E-state index contributed by atoms with van der Waals surface area (Å²) >= 11 is 6.10. The lowest BCUT2D eigenvalue weighted by molar-refractivity contribution is -0.124. The molecule has 0 aliphatic carbocycles. The van der Waals surface area contributed by atoms with Gasteiger partial charge in [-0.05, 0) is 6.07 Å². The average molecular weight is 299 g/mol. The normalized spacial score (nSPS) is 18.9. The van der Waals surface area contributed by atoms with E-state index in [2.05, 4.69) is 5.32 Å². The predicted octanol–water partition coefficient (Wildman–Crippen LogP) is 1.64. The fourth-order valence-corrected chi connectivity index (χ4v) is 2.50. The Bertz CT molecular complexity index is 477. The monoisotopic (exact) mass is 298 g/mol. The Hall–Kier alpha value is -1.30. The van der Waals surface area contributed by atoms with Crippen molar-refractivity contribution < 1.29 is 14.3 Å². The number of para-hydroxylation sites is 1. The van der Waals surface area contributed by atoms with E-state index < -0.39 is 0 Å². The van der Waals surface area contributed by atoms with Gasteiger partial charge in [-0.2, -0.15) is 0 Å². The van der Waals surface area contributed by atoms with Gasteiger partial charge in [-0.15, -0.1) is 0 Å². The highest BCUT2D eigenvalue weighted by atomic mass is 35.5. The van der Waals surface area contributed by atoms with Gasteiger partial charge in [0.1, 0.15) is 5.75 Å². The number of methoxy groups -OCH3 is 1. The van der Waals surface area contributed by atoms with Crippen molar-refractivity contribution in [3.63, 3.8) is 0 Å². The minimum atomic E-state index is -0.256. The standard InChI is InChI=1S/C14H19ClN2O3/c1-19-9(8-16)7-13(18)17-12-5-6-20-14-10(12)3-2-4-11(14)15/h2-4,9,12H,5-8,16H2,1H3,(H,17,18). The number of hydrogen-bond acceptors (Lipinski definition) is 4. The van der Waals surface area contributed by atoms with Crippen LogP contribution < -0.4 is 15.8 Å². The average Bonchev–Trinajstić information content (AvgIpc) is 2.46. The van der Waals surface area contributed by atoms with E-state index in [1.165, 1.54) is 0 Å².